The topological polar surface area (TPSA) is 23.6 Å². The Morgan fingerprint density at radius 2 is 1.69 bits per heavy atom. The lowest BCUT2D eigenvalue weighted by atomic mass is 10.1. The lowest BCUT2D eigenvalue weighted by molar-refractivity contribution is -0.137. The van der Waals surface area contributed by atoms with E-state index in [1.165, 1.54) is 12.1 Å². The molecule has 2 aliphatic rings. The molecule has 1 amide bonds. The van der Waals surface area contributed by atoms with Crippen molar-refractivity contribution in [2.45, 2.75) is 25.4 Å². The number of aryl methyl sites for hydroxylation is 1. The molecule has 0 aromatic heterocycles. The highest BCUT2D eigenvalue weighted by Gasteiger charge is 2.46. The molecule has 1 heterocycles. The predicted octanol–water partition coefficient (Wildman–Crippen LogP) is 5.12. The van der Waals surface area contributed by atoms with E-state index in [1.54, 1.807) is 0 Å². The van der Waals surface area contributed by atoms with Gasteiger partial charge in [-0.2, -0.15) is 13.2 Å². The van der Waals surface area contributed by atoms with Gasteiger partial charge in [-0.1, -0.05) is 29.8 Å². The monoisotopic (exact) mass is 422 g/mol. The maximum atomic E-state index is 12.8. The standard InChI is InChI=1S/C22H22ClF3N2O/c1-14-2-7-17(23)12-20(14)27-8-10-28(11-9-27)21(29)19-13-18(19)15-3-5-16(6-4-15)22(24,25)26/h2-7,12,18-19H,8-11,13H2,1H3/t18-,19-/m1/s1. The number of piperazine rings is 1. The fourth-order valence-electron chi connectivity index (χ4n) is 4.08. The van der Waals surface area contributed by atoms with Gasteiger partial charge in [-0.3, -0.25) is 4.79 Å². The average Bonchev–Trinajstić information content (AvgIpc) is 3.50. The number of benzene rings is 2. The molecule has 1 saturated heterocycles. The van der Waals surface area contributed by atoms with Gasteiger partial charge in [0.15, 0.2) is 0 Å². The Morgan fingerprint density at radius 1 is 1.03 bits per heavy atom. The van der Waals surface area contributed by atoms with Gasteiger partial charge >= 0.3 is 6.18 Å². The zero-order valence-corrected chi connectivity index (χ0v) is 16.8. The number of rotatable bonds is 3. The maximum Gasteiger partial charge on any atom is 0.416 e. The van der Waals surface area contributed by atoms with Gasteiger partial charge in [0.1, 0.15) is 0 Å². The van der Waals surface area contributed by atoms with Crippen molar-refractivity contribution in [1.82, 2.24) is 4.90 Å². The summed E-state index contributed by atoms with van der Waals surface area (Å²) in [6.45, 7) is 4.80. The molecule has 3 nitrogen and oxygen atoms in total. The van der Waals surface area contributed by atoms with Crippen LogP contribution in [0.15, 0.2) is 42.5 Å². The van der Waals surface area contributed by atoms with Crippen LogP contribution >= 0.6 is 11.6 Å². The van der Waals surface area contributed by atoms with Gasteiger partial charge in [-0.15, -0.1) is 0 Å². The van der Waals surface area contributed by atoms with Crippen LogP contribution in [0, 0.1) is 12.8 Å². The largest absolute Gasteiger partial charge is 0.416 e. The van der Waals surface area contributed by atoms with Gasteiger partial charge in [-0.25, -0.2) is 0 Å². The van der Waals surface area contributed by atoms with Gasteiger partial charge in [0.05, 0.1) is 5.56 Å². The Labute approximate surface area is 173 Å². The lowest BCUT2D eigenvalue weighted by Gasteiger charge is -2.37. The molecule has 2 fully saturated rings. The maximum absolute atomic E-state index is 12.8. The number of hydrogen-bond acceptors (Lipinski definition) is 2. The highest BCUT2D eigenvalue weighted by molar-refractivity contribution is 6.30. The van der Waals surface area contributed by atoms with E-state index >= 15 is 0 Å². The summed E-state index contributed by atoms with van der Waals surface area (Å²) in [4.78, 5) is 17.0. The van der Waals surface area contributed by atoms with Crippen molar-refractivity contribution >= 4 is 23.2 Å². The normalized spacial score (nSPS) is 22.0. The molecule has 2 aromatic rings. The molecule has 7 heteroatoms. The van der Waals surface area contributed by atoms with Gasteiger partial charge < -0.3 is 9.80 Å². The fraction of sp³-hybridized carbons (Fsp3) is 0.409. The molecule has 0 N–H and O–H groups in total. The van der Waals surface area contributed by atoms with E-state index in [-0.39, 0.29) is 17.7 Å². The molecule has 29 heavy (non-hydrogen) atoms. The van der Waals surface area contributed by atoms with E-state index in [0.29, 0.717) is 24.5 Å². The highest BCUT2D eigenvalue weighted by Crippen LogP contribution is 2.49. The molecule has 0 unspecified atom stereocenters. The summed E-state index contributed by atoms with van der Waals surface area (Å²) in [5.74, 6) is 0.0153. The molecule has 0 spiro atoms. The van der Waals surface area contributed by atoms with Crippen LogP contribution in [0.4, 0.5) is 18.9 Å². The molecule has 2 atom stereocenters. The molecular weight excluding hydrogens is 401 g/mol. The molecule has 1 aliphatic carbocycles. The number of carbonyl (C=O) groups is 1. The first-order valence-corrected chi connectivity index (χ1v) is 10.1. The first-order chi connectivity index (χ1) is 13.7. The van der Waals surface area contributed by atoms with Crippen LogP contribution in [0.1, 0.15) is 29.0 Å². The Bertz CT molecular complexity index is 905. The third kappa shape index (κ3) is 4.22. The minimum Gasteiger partial charge on any atom is -0.368 e. The number of carbonyl (C=O) groups excluding carboxylic acids is 1. The number of alkyl halides is 3. The number of halogens is 4. The van der Waals surface area contributed by atoms with Crippen LogP contribution in [0.2, 0.25) is 5.02 Å². The summed E-state index contributed by atoms with van der Waals surface area (Å²) in [6, 6.07) is 11.0. The average molecular weight is 423 g/mol. The smallest absolute Gasteiger partial charge is 0.368 e. The van der Waals surface area contributed by atoms with Gasteiger partial charge in [0.2, 0.25) is 5.91 Å². The van der Waals surface area contributed by atoms with Crippen molar-refractivity contribution in [2.75, 3.05) is 31.1 Å². The first-order valence-electron chi connectivity index (χ1n) is 9.71. The molecular formula is C22H22ClF3N2O. The third-order valence-corrected chi connectivity index (χ3v) is 6.11. The summed E-state index contributed by atoms with van der Waals surface area (Å²) < 4.78 is 38.1. The molecule has 154 valence electrons. The van der Waals surface area contributed by atoms with Crippen LogP contribution in [0.25, 0.3) is 0 Å². The zero-order valence-electron chi connectivity index (χ0n) is 16.0. The molecule has 1 saturated carbocycles. The number of nitrogens with zero attached hydrogens (tertiary/aromatic N) is 2. The first kappa shape index (κ1) is 20.1. The van der Waals surface area contributed by atoms with Gasteiger partial charge in [0, 0.05) is 42.8 Å². The summed E-state index contributed by atoms with van der Waals surface area (Å²) in [5.41, 5.74) is 2.40. The Kier molecular flexibility index (Phi) is 5.23. The minimum atomic E-state index is -4.34. The second kappa shape index (κ2) is 7.56. The molecule has 0 radical (unpaired) electrons. The molecule has 0 bridgehead atoms. The van der Waals surface area contributed by atoms with Crippen LogP contribution in [-0.4, -0.2) is 37.0 Å². The van der Waals surface area contributed by atoms with E-state index in [4.69, 9.17) is 11.6 Å². The van der Waals surface area contributed by atoms with Crippen LogP contribution in [0.5, 0.6) is 0 Å². The van der Waals surface area contributed by atoms with Gasteiger partial charge in [-0.05, 0) is 54.7 Å². The van der Waals surface area contributed by atoms with E-state index in [0.717, 1.165) is 42.0 Å². The van der Waals surface area contributed by atoms with E-state index < -0.39 is 11.7 Å². The summed E-state index contributed by atoms with van der Waals surface area (Å²) >= 11 is 6.12. The summed E-state index contributed by atoms with van der Waals surface area (Å²) in [7, 11) is 0. The van der Waals surface area contributed by atoms with Crippen molar-refractivity contribution in [3.8, 4) is 0 Å². The van der Waals surface area contributed by atoms with E-state index in [1.807, 2.05) is 30.0 Å². The van der Waals surface area contributed by atoms with Crippen molar-refractivity contribution in [3.63, 3.8) is 0 Å². The molecule has 2 aromatic carbocycles. The Morgan fingerprint density at radius 3 is 2.31 bits per heavy atom. The summed E-state index contributed by atoms with van der Waals surface area (Å²) in [6.07, 6.45) is -3.63. The van der Waals surface area contributed by atoms with Crippen molar-refractivity contribution in [3.05, 3.63) is 64.2 Å². The lowest BCUT2D eigenvalue weighted by Crippen LogP contribution is -2.49. The molecule has 4 rings (SSSR count). The quantitative estimate of drug-likeness (QED) is 0.685. The van der Waals surface area contributed by atoms with Gasteiger partial charge in [0.25, 0.3) is 0 Å². The van der Waals surface area contributed by atoms with Crippen molar-refractivity contribution < 1.29 is 18.0 Å². The predicted molar refractivity (Wildman–Crippen MR) is 107 cm³/mol. The summed E-state index contributed by atoms with van der Waals surface area (Å²) in [5, 5.41) is 0.696. The third-order valence-electron chi connectivity index (χ3n) is 5.88. The number of anilines is 1. The SMILES string of the molecule is Cc1ccc(Cl)cc1N1CCN(C(=O)[C@@H]2C[C@@H]2c2ccc(C(F)(F)F)cc2)CC1. The van der Waals surface area contributed by atoms with Crippen LogP contribution in [-0.2, 0) is 11.0 Å². The Hall–Kier alpha value is -2.21. The highest BCUT2D eigenvalue weighted by atomic mass is 35.5. The number of hydrogen-bond donors (Lipinski definition) is 0. The fourth-order valence-corrected chi connectivity index (χ4v) is 4.25. The zero-order chi connectivity index (χ0) is 20.8. The second-order valence-corrected chi connectivity index (χ2v) is 8.25. The van der Waals surface area contributed by atoms with Crippen molar-refractivity contribution in [1.29, 1.82) is 0 Å². The van der Waals surface area contributed by atoms with Crippen LogP contribution < -0.4 is 4.90 Å². The minimum absolute atomic E-state index is 0.0259. The molecule has 1 aliphatic heterocycles. The Balaban J connectivity index is 1.34. The number of amides is 1. The van der Waals surface area contributed by atoms with Crippen LogP contribution in [0.3, 0.4) is 0 Å². The second-order valence-electron chi connectivity index (χ2n) is 7.81. The van der Waals surface area contributed by atoms with Crippen molar-refractivity contribution in [2.24, 2.45) is 5.92 Å². The van der Waals surface area contributed by atoms with E-state index in [2.05, 4.69) is 4.90 Å². The van der Waals surface area contributed by atoms with E-state index in [9.17, 15) is 18.0 Å².